The highest BCUT2D eigenvalue weighted by molar-refractivity contribution is 6.15. The van der Waals surface area contributed by atoms with E-state index in [1.165, 1.54) is 12.1 Å². The first kappa shape index (κ1) is 15.8. The van der Waals surface area contributed by atoms with Crippen LogP contribution in [0.4, 0.5) is 10.1 Å². The van der Waals surface area contributed by atoms with Crippen LogP contribution in [0.1, 0.15) is 52.0 Å². The molecule has 3 nitrogen and oxygen atoms in total. The van der Waals surface area contributed by atoms with Crippen LogP contribution in [0.3, 0.4) is 0 Å². The van der Waals surface area contributed by atoms with Gasteiger partial charge >= 0.3 is 0 Å². The fourth-order valence-electron chi connectivity index (χ4n) is 5.41. The lowest BCUT2D eigenvalue weighted by Crippen LogP contribution is -2.55. The van der Waals surface area contributed by atoms with Crippen molar-refractivity contribution in [2.45, 2.75) is 58.9 Å². The second-order valence-electron chi connectivity index (χ2n) is 8.33. The topological polar surface area (TPSA) is 37.4 Å². The lowest BCUT2D eigenvalue weighted by molar-refractivity contribution is -0.143. The van der Waals surface area contributed by atoms with Crippen molar-refractivity contribution in [2.24, 2.45) is 16.7 Å². The number of ketones is 1. The first-order valence-electron chi connectivity index (χ1n) is 8.94. The molecule has 0 unspecified atom stereocenters. The fourth-order valence-corrected chi connectivity index (χ4v) is 5.41. The maximum atomic E-state index is 13.7. The van der Waals surface area contributed by atoms with Crippen molar-refractivity contribution in [1.82, 2.24) is 0 Å². The molecule has 0 N–H and O–H groups in total. The van der Waals surface area contributed by atoms with Crippen LogP contribution >= 0.6 is 0 Å². The monoisotopic (exact) mass is 329 g/mol. The Labute approximate surface area is 142 Å². The van der Waals surface area contributed by atoms with Crippen molar-refractivity contribution in [3.63, 3.8) is 0 Å². The summed E-state index contributed by atoms with van der Waals surface area (Å²) in [5.41, 5.74) is 0.470. The van der Waals surface area contributed by atoms with Crippen LogP contribution in [0.25, 0.3) is 0 Å². The Morgan fingerprint density at radius 1 is 1.29 bits per heavy atom. The Morgan fingerprint density at radius 2 is 2.04 bits per heavy atom. The third-order valence-electron chi connectivity index (χ3n) is 7.05. The van der Waals surface area contributed by atoms with Crippen molar-refractivity contribution in [1.29, 1.82) is 0 Å². The Kier molecular flexibility index (Phi) is 3.23. The summed E-state index contributed by atoms with van der Waals surface area (Å²) in [6, 6.07) is 4.67. The highest BCUT2D eigenvalue weighted by Crippen LogP contribution is 2.64. The number of benzene rings is 1. The van der Waals surface area contributed by atoms with Crippen molar-refractivity contribution in [2.75, 3.05) is 4.90 Å². The molecule has 0 radical (unpaired) electrons. The first-order valence-corrected chi connectivity index (χ1v) is 8.94. The number of hydrogen-bond donors (Lipinski definition) is 0. The highest BCUT2D eigenvalue weighted by Gasteiger charge is 2.69. The van der Waals surface area contributed by atoms with Gasteiger partial charge in [0.05, 0.1) is 0 Å². The molecule has 0 aromatic heterocycles. The van der Waals surface area contributed by atoms with Crippen LogP contribution < -0.4 is 4.90 Å². The van der Waals surface area contributed by atoms with Gasteiger partial charge in [-0.25, -0.2) is 4.39 Å². The van der Waals surface area contributed by atoms with Gasteiger partial charge in [-0.1, -0.05) is 13.8 Å². The molecule has 1 aromatic rings. The Morgan fingerprint density at radius 3 is 2.67 bits per heavy atom. The number of amides is 1. The predicted octanol–water partition coefficient (Wildman–Crippen LogP) is 3.89. The minimum atomic E-state index is -0.894. The summed E-state index contributed by atoms with van der Waals surface area (Å²) in [5, 5.41) is 0. The van der Waals surface area contributed by atoms with Gasteiger partial charge in [-0.3, -0.25) is 9.59 Å². The minimum absolute atomic E-state index is 0.0353. The lowest BCUT2D eigenvalue weighted by atomic mass is 9.67. The van der Waals surface area contributed by atoms with Crippen LogP contribution in [0, 0.1) is 22.6 Å². The number of Topliss-reactive ketones (excluding diaryl/α,β-unsaturated/α-hetero) is 1. The molecular weight excluding hydrogens is 305 g/mol. The van der Waals surface area contributed by atoms with Crippen molar-refractivity contribution in [3.05, 3.63) is 29.6 Å². The normalized spacial score (nSPS) is 33.7. The number of halogens is 1. The summed E-state index contributed by atoms with van der Waals surface area (Å²) in [4.78, 5) is 28.3. The Hall–Kier alpha value is -1.71. The van der Waals surface area contributed by atoms with Crippen LogP contribution in [-0.2, 0) is 16.0 Å². The summed E-state index contributed by atoms with van der Waals surface area (Å²) in [6.45, 7) is 6.18. The van der Waals surface area contributed by atoms with E-state index in [0.29, 0.717) is 18.8 Å². The van der Waals surface area contributed by atoms with Crippen LogP contribution in [0.15, 0.2) is 18.2 Å². The molecule has 0 saturated heterocycles. The summed E-state index contributed by atoms with van der Waals surface area (Å²) in [7, 11) is 0. The Bertz CT molecular complexity index is 741. The van der Waals surface area contributed by atoms with Gasteiger partial charge in [0.25, 0.3) is 0 Å². The third-order valence-corrected chi connectivity index (χ3v) is 7.05. The maximum Gasteiger partial charge on any atom is 0.241 e. The van der Waals surface area contributed by atoms with E-state index in [1.54, 1.807) is 11.0 Å². The molecule has 3 aliphatic rings. The van der Waals surface area contributed by atoms with E-state index in [9.17, 15) is 14.0 Å². The zero-order valence-electron chi connectivity index (χ0n) is 14.6. The lowest BCUT2D eigenvalue weighted by Gasteiger charge is -2.43. The van der Waals surface area contributed by atoms with Gasteiger partial charge in [0.1, 0.15) is 17.0 Å². The van der Waals surface area contributed by atoms with Gasteiger partial charge in [0.2, 0.25) is 5.91 Å². The number of carbonyl (C=O) groups is 2. The largest absolute Gasteiger partial charge is 0.308 e. The van der Waals surface area contributed by atoms with Gasteiger partial charge in [-0.05, 0) is 67.7 Å². The third kappa shape index (κ3) is 1.77. The first-order chi connectivity index (χ1) is 11.3. The highest BCUT2D eigenvalue weighted by atomic mass is 19.1. The van der Waals surface area contributed by atoms with Crippen LogP contribution in [0.5, 0.6) is 0 Å². The zero-order chi connectivity index (χ0) is 17.3. The predicted molar refractivity (Wildman–Crippen MR) is 90.2 cm³/mol. The molecule has 4 rings (SSSR count). The van der Waals surface area contributed by atoms with Gasteiger partial charge < -0.3 is 4.90 Å². The van der Waals surface area contributed by atoms with E-state index in [0.717, 1.165) is 30.5 Å². The van der Waals surface area contributed by atoms with Gasteiger partial charge in [0, 0.05) is 18.2 Å². The number of nitrogens with zero attached hydrogens (tertiary/aromatic N) is 1. The summed E-state index contributed by atoms with van der Waals surface area (Å²) in [5.74, 6) is 0.0848. The minimum Gasteiger partial charge on any atom is -0.308 e. The number of hydrogen-bond acceptors (Lipinski definition) is 2. The standard InChI is InChI=1S/C20H24FNO2/c1-12-4-5-13-10-15(21)6-7-16(13)22(12)18(24)20-9-8-14(11-17(20)23)19(20,2)3/h6-7,10,12,14H,4-5,8-9,11H2,1-3H3/t12-,14+,20+/m1/s1. The molecule has 1 aliphatic heterocycles. The number of aryl methyl sites for hydroxylation is 1. The zero-order valence-corrected chi connectivity index (χ0v) is 14.6. The van der Waals surface area contributed by atoms with E-state index >= 15 is 0 Å². The number of fused-ring (bicyclic) bond motifs is 3. The van der Waals surface area contributed by atoms with E-state index in [2.05, 4.69) is 13.8 Å². The fraction of sp³-hybridized carbons (Fsp3) is 0.600. The van der Waals surface area contributed by atoms with Crippen LogP contribution in [0.2, 0.25) is 0 Å². The summed E-state index contributed by atoms with van der Waals surface area (Å²) >= 11 is 0. The number of rotatable bonds is 1. The molecule has 0 spiro atoms. The maximum absolute atomic E-state index is 13.7. The molecule has 128 valence electrons. The summed E-state index contributed by atoms with van der Waals surface area (Å²) < 4.78 is 13.6. The molecule has 24 heavy (non-hydrogen) atoms. The number of anilines is 1. The molecule has 1 amide bonds. The van der Waals surface area contributed by atoms with Crippen molar-refractivity contribution in [3.8, 4) is 0 Å². The smallest absolute Gasteiger partial charge is 0.241 e. The molecule has 1 aromatic carbocycles. The molecule has 4 heteroatoms. The van der Waals surface area contributed by atoms with E-state index < -0.39 is 5.41 Å². The second kappa shape index (κ2) is 4.90. The average Bonchev–Trinajstić information content (AvgIpc) is 2.89. The van der Waals surface area contributed by atoms with Gasteiger partial charge in [-0.15, -0.1) is 0 Å². The SMILES string of the molecule is C[C@@H]1CCc2cc(F)ccc2N1C(=O)[C@]12CC[C@@H](CC1=O)C2(C)C. The summed E-state index contributed by atoms with van der Waals surface area (Å²) in [6.07, 6.45) is 3.70. The van der Waals surface area contributed by atoms with Crippen molar-refractivity contribution >= 4 is 17.4 Å². The van der Waals surface area contributed by atoms with Gasteiger partial charge in [-0.2, -0.15) is 0 Å². The molecule has 2 aliphatic carbocycles. The number of carbonyl (C=O) groups excluding carboxylic acids is 2. The average molecular weight is 329 g/mol. The molecule has 3 atom stereocenters. The molecule has 1 heterocycles. The van der Waals surface area contributed by atoms with Gasteiger partial charge in [0.15, 0.2) is 0 Å². The van der Waals surface area contributed by atoms with E-state index in [4.69, 9.17) is 0 Å². The molecule has 2 fully saturated rings. The quantitative estimate of drug-likeness (QED) is 0.733. The Balaban J connectivity index is 1.82. The molecule has 2 saturated carbocycles. The molecular formula is C20H24FNO2. The van der Waals surface area contributed by atoms with Crippen molar-refractivity contribution < 1.29 is 14.0 Å². The second-order valence-corrected chi connectivity index (χ2v) is 8.33. The molecule has 2 bridgehead atoms. The van der Waals surface area contributed by atoms with E-state index in [-0.39, 0.29) is 29.0 Å². The van der Waals surface area contributed by atoms with E-state index in [1.807, 2.05) is 6.92 Å². The van der Waals surface area contributed by atoms with Crippen LogP contribution in [-0.4, -0.2) is 17.7 Å².